The molecular formula is C21H26N2O4. The van der Waals surface area contributed by atoms with Crippen LogP contribution in [0.5, 0.6) is 11.5 Å². The van der Waals surface area contributed by atoms with Crippen LogP contribution in [0, 0.1) is 0 Å². The Kier molecular flexibility index (Phi) is 7.67. The molecule has 0 saturated heterocycles. The number of amides is 2. The van der Waals surface area contributed by atoms with E-state index in [0.29, 0.717) is 29.6 Å². The molecule has 0 aliphatic rings. The van der Waals surface area contributed by atoms with Crippen LogP contribution in [-0.2, 0) is 4.79 Å². The van der Waals surface area contributed by atoms with E-state index >= 15 is 0 Å². The molecule has 0 aliphatic heterocycles. The second-order valence-corrected chi connectivity index (χ2v) is 6.13. The summed E-state index contributed by atoms with van der Waals surface area (Å²) in [5.74, 6) is 0.922. The van der Waals surface area contributed by atoms with Crippen molar-refractivity contribution in [3.8, 4) is 11.5 Å². The quantitative estimate of drug-likeness (QED) is 0.698. The Balaban J connectivity index is 1.76. The van der Waals surface area contributed by atoms with E-state index < -0.39 is 11.8 Å². The number of carbonyl (C=O) groups is 2. The second-order valence-electron chi connectivity index (χ2n) is 6.13. The molecule has 2 aromatic rings. The fourth-order valence-corrected chi connectivity index (χ4v) is 2.38. The van der Waals surface area contributed by atoms with Crippen LogP contribution in [0.25, 0.3) is 0 Å². The SMILES string of the molecule is CCOc1ccc(C(=O)NNC(=O)COc2ccc([C@H](C)CC)cc2)cc1. The molecule has 6 nitrogen and oxygen atoms in total. The number of benzene rings is 2. The zero-order valence-corrected chi connectivity index (χ0v) is 16.0. The number of nitrogens with one attached hydrogen (secondary N) is 2. The van der Waals surface area contributed by atoms with Gasteiger partial charge >= 0.3 is 0 Å². The van der Waals surface area contributed by atoms with Crippen LogP contribution in [-0.4, -0.2) is 25.0 Å². The zero-order valence-electron chi connectivity index (χ0n) is 16.0. The van der Waals surface area contributed by atoms with Crippen LogP contribution in [0.3, 0.4) is 0 Å². The van der Waals surface area contributed by atoms with Gasteiger partial charge in [-0.1, -0.05) is 26.0 Å². The van der Waals surface area contributed by atoms with E-state index in [2.05, 4.69) is 24.7 Å². The van der Waals surface area contributed by atoms with Gasteiger partial charge in [-0.3, -0.25) is 20.4 Å². The largest absolute Gasteiger partial charge is 0.494 e. The molecular weight excluding hydrogens is 344 g/mol. The van der Waals surface area contributed by atoms with Crippen molar-refractivity contribution in [2.45, 2.75) is 33.1 Å². The normalized spacial score (nSPS) is 11.4. The molecule has 0 bridgehead atoms. The number of hydrogen-bond acceptors (Lipinski definition) is 4. The molecule has 2 amide bonds. The lowest BCUT2D eigenvalue weighted by Crippen LogP contribution is -2.43. The Labute approximate surface area is 159 Å². The van der Waals surface area contributed by atoms with Gasteiger partial charge in [0.1, 0.15) is 11.5 Å². The van der Waals surface area contributed by atoms with E-state index in [4.69, 9.17) is 9.47 Å². The summed E-state index contributed by atoms with van der Waals surface area (Å²) in [5.41, 5.74) is 6.34. The number of hydrazine groups is 1. The van der Waals surface area contributed by atoms with Crippen molar-refractivity contribution in [3.63, 3.8) is 0 Å². The molecule has 0 aromatic heterocycles. The van der Waals surface area contributed by atoms with Crippen LogP contribution in [0.1, 0.15) is 49.0 Å². The van der Waals surface area contributed by atoms with Gasteiger partial charge in [0.05, 0.1) is 6.61 Å². The van der Waals surface area contributed by atoms with Gasteiger partial charge in [-0.15, -0.1) is 0 Å². The summed E-state index contributed by atoms with van der Waals surface area (Å²) >= 11 is 0. The highest BCUT2D eigenvalue weighted by Gasteiger charge is 2.09. The summed E-state index contributed by atoms with van der Waals surface area (Å²) in [6.45, 7) is 6.56. The molecule has 0 spiro atoms. The third-order valence-electron chi connectivity index (χ3n) is 4.17. The third kappa shape index (κ3) is 6.33. The first-order chi connectivity index (χ1) is 13.0. The van der Waals surface area contributed by atoms with Gasteiger partial charge in [0.2, 0.25) is 0 Å². The molecule has 6 heteroatoms. The molecule has 2 N–H and O–H groups in total. The highest BCUT2D eigenvalue weighted by Crippen LogP contribution is 2.21. The minimum absolute atomic E-state index is 0.188. The maximum atomic E-state index is 12.0. The molecule has 1 atom stereocenters. The minimum Gasteiger partial charge on any atom is -0.494 e. The number of rotatable bonds is 8. The average molecular weight is 370 g/mol. The third-order valence-corrected chi connectivity index (χ3v) is 4.17. The van der Waals surface area contributed by atoms with Crippen LogP contribution in [0.15, 0.2) is 48.5 Å². The molecule has 0 radical (unpaired) electrons. The fourth-order valence-electron chi connectivity index (χ4n) is 2.38. The molecule has 0 heterocycles. The van der Waals surface area contributed by atoms with Crippen molar-refractivity contribution < 1.29 is 19.1 Å². The molecule has 27 heavy (non-hydrogen) atoms. The molecule has 0 unspecified atom stereocenters. The van der Waals surface area contributed by atoms with E-state index in [1.54, 1.807) is 24.3 Å². The van der Waals surface area contributed by atoms with E-state index in [1.807, 2.05) is 31.2 Å². The summed E-state index contributed by atoms with van der Waals surface area (Å²) < 4.78 is 10.8. The molecule has 0 fully saturated rings. The Morgan fingerprint density at radius 3 is 2.07 bits per heavy atom. The van der Waals surface area contributed by atoms with Crippen molar-refractivity contribution >= 4 is 11.8 Å². The lowest BCUT2D eigenvalue weighted by Gasteiger charge is -2.11. The maximum absolute atomic E-state index is 12.0. The van der Waals surface area contributed by atoms with E-state index in [1.165, 1.54) is 5.56 Å². The zero-order chi connectivity index (χ0) is 19.6. The topological polar surface area (TPSA) is 76.7 Å². The van der Waals surface area contributed by atoms with Crippen molar-refractivity contribution in [2.24, 2.45) is 0 Å². The van der Waals surface area contributed by atoms with Gasteiger partial charge < -0.3 is 9.47 Å². The van der Waals surface area contributed by atoms with Gasteiger partial charge in [0.15, 0.2) is 6.61 Å². The van der Waals surface area contributed by atoms with Gasteiger partial charge in [-0.2, -0.15) is 0 Å². The minimum atomic E-state index is -0.444. The first-order valence-electron chi connectivity index (χ1n) is 9.08. The standard InChI is InChI=1S/C21H26N2O4/c1-4-15(3)16-6-10-19(11-7-16)27-14-20(24)22-23-21(25)17-8-12-18(13-9-17)26-5-2/h6-13,15H,4-5,14H2,1-3H3,(H,22,24)(H,23,25)/t15-/m1/s1. The summed E-state index contributed by atoms with van der Waals surface area (Å²) in [5, 5.41) is 0. The number of hydrogen-bond donors (Lipinski definition) is 2. The highest BCUT2D eigenvalue weighted by atomic mass is 16.5. The first-order valence-corrected chi connectivity index (χ1v) is 9.08. The Hall–Kier alpha value is -3.02. The van der Waals surface area contributed by atoms with E-state index in [0.717, 1.165) is 6.42 Å². The van der Waals surface area contributed by atoms with Crippen LogP contribution in [0.2, 0.25) is 0 Å². The monoisotopic (exact) mass is 370 g/mol. The highest BCUT2D eigenvalue weighted by molar-refractivity contribution is 5.95. The second kappa shape index (κ2) is 10.2. The smallest absolute Gasteiger partial charge is 0.276 e. The van der Waals surface area contributed by atoms with Crippen LogP contribution in [0.4, 0.5) is 0 Å². The molecule has 2 rings (SSSR count). The Morgan fingerprint density at radius 2 is 1.48 bits per heavy atom. The lowest BCUT2D eigenvalue weighted by molar-refractivity contribution is -0.123. The Bertz CT molecular complexity index is 742. The van der Waals surface area contributed by atoms with Gasteiger partial charge in [0, 0.05) is 5.56 Å². The average Bonchev–Trinajstić information content (AvgIpc) is 2.71. The summed E-state index contributed by atoms with van der Waals surface area (Å²) in [4.78, 5) is 23.9. The van der Waals surface area contributed by atoms with Gasteiger partial charge in [-0.25, -0.2) is 0 Å². The molecule has 0 aliphatic carbocycles. The maximum Gasteiger partial charge on any atom is 0.276 e. The Morgan fingerprint density at radius 1 is 0.889 bits per heavy atom. The number of ether oxygens (including phenoxy) is 2. The fraction of sp³-hybridized carbons (Fsp3) is 0.333. The molecule has 144 valence electrons. The van der Waals surface area contributed by atoms with Crippen molar-refractivity contribution in [2.75, 3.05) is 13.2 Å². The van der Waals surface area contributed by atoms with Gasteiger partial charge in [-0.05, 0) is 61.2 Å². The lowest BCUT2D eigenvalue weighted by atomic mass is 9.99. The predicted molar refractivity (Wildman–Crippen MR) is 104 cm³/mol. The van der Waals surface area contributed by atoms with E-state index in [9.17, 15) is 9.59 Å². The van der Waals surface area contributed by atoms with E-state index in [-0.39, 0.29) is 6.61 Å². The van der Waals surface area contributed by atoms with Crippen LogP contribution < -0.4 is 20.3 Å². The van der Waals surface area contributed by atoms with Gasteiger partial charge in [0.25, 0.3) is 11.8 Å². The summed E-state index contributed by atoms with van der Waals surface area (Å²) in [7, 11) is 0. The van der Waals surface area contributed by atoms with Crippen molar-refractivity contribution in [3.05, 3.63) is 59.7 Å². The van der Waals surface area contributed by atoms with Crippen LogP contribution >= 0.6 is 0 Å². The molecule has 2 aromatic carbocycles. The molecule has 0 saturated carbocycles. The number of carbonyl (C=O) groups excluding carboxylic acids is 2. The first kappa shape index (κ1) is 20.3. The van der Waals surface area contributed by atoms with Crippen molar-refractivity contribution in [1.29, 1.82) is 0 Å². The van der Waals surface area contributed by atoms with Crippen molar-refractivity contribution in [1.82, 2.24) is 10.9 Å². The summed E-state index contributed by atoms with van der Waals surface area (Å²) in [6, 6.07) is 14.3. The summed E-state index contributed by atoms with van der Waals surface area (Å²) in [6.07, 6.45) is 1.07. The predicted octanol–water partition coefficient (Wildman–Crippen LogP) is 3.44.